The van der Waals surface area contributed by atoms with Gasteiger partial charge in [0.2, 0.25) is 0 Å². The first-order valence-corrected chi connectivity index (χ1v) is 9.58. The zero-order valence-electron chi connectivity index (χ0n) is 14.9. The van der Waals surface area contributed by atoms with Crippen LogP contribution in [0.5, 0.6) is 0 Å². The summed E-state index contributed by atoms with van der Waals surface area (Å²) in [7, 11) is 0. The van der Waals surface area contributed by atoms with Crippen LogP contribution in [0, 0.1) is 12.8 Å². The maximum absolute atomic E-state index is 13.2. The number of carbonyl (C=O) groups excluding carboxylic acids is 1. The largest absolute Gasteiger partial charge is 0.335 e. The summed E-state index contributed by atoms with van der Waals surface area (Å²) in [6, 6.07) is 14.6. The summed E-state index contributed by atoms with van der Waals surface area (Å²) in [6.45, 7) is 2.86. The first kappa shape index (κ1) is 16.3. The van der Waals surface area contributed by atoms with E-state index in [9.17, 15) is 4.79 Å². The number of benzene rings is 1. The minimum Gasteiger partial charge on any atom is -0.335 e. The molecule has 2 fully saturated rings. The van der Waals surface area contributed by atoms with E-state index in [0.717, 1.165) is 35.5 Å². The number of rotatable bonds is 2. The Morgan fingerprint density at radius 3 is 2.56 bits per heavy atom. The highest BCUT2D eigenvalue weighted by Crippen LogP contribution is 2.36. The van der Waals surface area contributed by atoms with Gasteiger partial charge in [-0.05, 0) is 50.7 Å². The molecule has 25 heavy (non-hydrogen) atoms. The number of piperidine rings is 1. The van der Waals surface area contributed by atoms with Crippen LogP contribution in [-0.4, -0.2) is 28.4 Å². The molecular formula is C22H26N2O. The van der Waals surface area contributed by atoms with Crippen molar-refractivity contribution in [2.45, 2.75) is 51.5 Å². The van der Waals surface area contributed by atoms with E-state index in [4.69, 9.17) is 4.98 Å². The molecule has 2 heterocycles. The quantitative estimate of drug-likeness (QED) is 0.786. The van der Waals surface area contributed by atoms with Crippen molar-refractivity contribution in [3.8, 4) is 11.3 Å². The van der Waals surface area contributed by atoms with E-state index in [1.54, 1.807) is 0 Å². The van der Waals surface area contributed by atoms with Crippen LogP contribution in [0.2, 0.25) is 0 Å². The number of aromatic nitrogens is 1. The highest BCUT2D eigenvalue weighted by molar-refractivity contribution is 5.95. The Morgan fingerprint density at radius 2 is 1.76 bits per heavy atom. The first-order chi connectivity index (χ1) is 12.2. The molecule has 0 spiro atoms. The monoisotopic (exact) mass is 334 g/mol. The third-order valence-electron chi connectivity index (χ3n) is 5.89. The van der Waals surface area contributed by atoms with Gasteiger partial charge < -0.3 is 4.90 Å². The lowest BCUT2D eigenvalue weighted by Crippen LogP contribution is -2.49. The normalized spacial score (nSPS) is 23.2. The van der Waals surface area contributed by atoms with Crippen molar-refractivity contribution in [2.75, 3.05) is 6.54 Å². The maximum Gasteiger partial charge on any atom is 0.255 e. The SMILES string of the molecule is Cc1nc(-c2ccccc2)ccc1C(=O)N1CCC[C@@H]2CCCC[C@@H]21. The lowest BCUT2D eigenvalue weighted by molar-refractivity contribution is 0.0389. The molecule has 2 atom stereocenters. The summed E-state index contributed by atoms with van der Waals surface area (Å²) in [5.74, 6) is 0.893. The molecule has 1 aliphatic carbocycles. The molecule has 1 aromatic heterocycles. The van der Waals surface area contributed by atoms with E-state index in [1.165, 1.54) is 32.1 Å². The predicted octanol–water partition coefficient (Wildman–Crippen LogP) is 4.85. The van der Waals surface area contributed by atoms with Crippen molar-refractivity contribution in [1.29, 1.82) is 0 Å². The van der Waals surface area contributed by atoms with E-state index in [2.05, 4.69) is 17.0 Å². The number of likely N-dealkylation sites (tertiary alicyclic amines) is 1. The second kappa shape index (κ2) is 6.99. The standard InChI is InChI=1S/C22H26N2O/c1-16-19(13-14-20(23-16)17-8-3-2-4-9-17)22(25)24-15-7-11-18-10-5-6-12-21(18)24/h2-4,8-9,13-14,18,21H,5-7,10-12,15H2,1H3/t18-,21-/m0/s1. The van der Waals surface area contributed by atoms with E-state index < -0.39 is 0 Å². The van der Waals surface area contributed by atoms with Crippen LogP contribution in [0.25, 0.3) is 11.3 Å². The van der Waals surface area contributed by atoms with Crippen LogP contribution in [0.1, 0.15) is 54.6 Å². The van der Waals surface area contributed by atoms with Gasteiger partial charge in [-0.1, -0.05) is 43.2 Å². The van der Waals surface area contributed by atoms with Gasteiger partial charge in [-0.3, -0.25) is 9.78 Å². The molecule has 0 unspecified atom stereocenters. The van der Waals surface area contributed by atoms with Gasteiger partial charge in [0.05, 0.1) is 17.0 Å². The van der Waals surface area contributed by atoms with Gasteiger partial charge in [0.25, 0.3) is 5.91 Å². The van der Waals surface area contributed by atoms with Gasteiger partial charge in [0.1, 0.15) is 0 Å². The average Bonchev–Trinajstić information content (AvgIpc) is 2.67. The summed E-state index contributed by atoms with van der Waals surface area (Å²) in [6.07, 6.45) is 7.48. The van der Waals surface area contributed by atoms with Gasteiger partial charge in [0, 0.05) is 18.2 Å². The summed E-state index contributed by atoms with van der Waals surface area (Å²) in [5.41, 5.74) is 3.63. The number of amides is 1. The summed E-state index contributed by atoms with van der Waals surface area (Å²) < 4.78 is 0. The van der Waals surface area contributed by atoms with Crippen molar-refractivity contribution in [1.82, 2.24) is 9.88 Å². The Morgan fingerprint density at radius 1 is 1.00 bits per heavy atom. The molecule has 0 N–H and O–H groups in total. The molecule has 3 nitrogen and oxygen atoms in total. The molecular weight excluding hydrogens is 308 g/mol. The second-order valence-electron chi connectivity index (χ2n) is 7.45. The van der Waals surface area contributed by atoms with Crippen molar-refractivity contribution in [3.63, 3.8) is 0 Å². The Balaban J connectivity index is 1.59. The van der Waals surface area contributed by atoms with Crippen LogP contribution in [0.3, 0.4) is 0 Å². The highest BCUT2D eigenvalue weighted by Gasteiger charge is 2.36. The summed E-state index contributed by atoms with van der Waals surface area (Å²) in [4.78, 5) is 20.1. The fourth-order valence-electron chi connectivity index (χ4n) is 4.59. The van der Waals surface area contributed by atoms with Crippen molar-refractivity contribution in [3.05, 3.63) is 53.7 Å². The number of hydrogen-bond acceptors (Lipinski definition) is 2. The van der Waals surface area contributed by atoms with Gasteiger partial charge in [0.15, 0.2) is 0 Å². The Hall–Kier alpha value is -2.16. The summed E-state index contributed by atoms with van der Waals surface area (Å²) >= 11 is 0. The van der Waals surface area contributed by atoms with Gasteiger partial charge >= 0.3 is 0 Å². The van der Waals surface area contributed by atoms with E-state index in [1.807, 2.05) is 37.3 Å². The zero-order valence-corrected chi connectivity index (χ0v) is 14.9. The summed E-state index contributed by atoms with van der Waals surface area (Å²) in [5, 5.41) is 0. The van der Waals surface area contributed by atoms with Gasteiger partial charge in [-0.15, -0.1) is 0 Å². The molecule has 1 aliphatic heterocycles. The van der Waals surface area contributed by atoms with Crippen LogP contribution >= 0.6 is 0 Å². The zero-order chi connectivity index (χ0) is 17.2. The van der Waals surface area contributed by atoms with Crippen LogP contribution in [-0.2, 0) is 0 Å². The molecule has 1 saturated carbocycles. The minimum atomic E-state index is 0.182. The Bertz CT molecular complexity index is 754. The molecule has 1 aromatic carbocycles. The van der Waals surface area contributed by atoms with Gasteiger partial charge in [-0.25, -0.2) is 0 Å². The van der Waals surface area contributed by atoms with E-state index >= 15 is 0 Å². The van der Waals surface area contributed by atoms with Crippen LogP contribution < -0.4 is 0 Å². The fraction of sp³-hybridized carbons (Fsp3) is 0.455. The van der Waals surface area contributed by atoms with E-state index in [-0.39, 0.29) is 5.91 Å². The third-order valence-corrected chi connectivity index (χ3v) is 5.89. The fourth-order valence-corrected chi connectivity index (χ4v) is 4.59. The first-order valence-electron chi connectivity index (χ1n) is 9.58. The number of carbonyl (C=O) groups is 1. The molecule has 0 bridgehead atoms. The molecule has 3 heteroatoms. The second-order valence-corrected chi connectivity index (χ2v) is 7.45. The van der Waals surface area contributed by atoms with Crippen LogP contribution in [0.4, 0.5) is 0 Å². The number of nitrogens with zero attached hydrogens (tertiary/aromatic N) is 2. The number of pyridine rings is 1. The average molecular weight is 334 g/mol. The smallest absolute Gasteiger partial charge is 0.255 e. The van der Waals surface area contributed by atoms with Crippen molar-refractivity contribution < 1.29 is 4.79 Å². The molecule has 2 aromatic rings. The topological polar surface area (TPSA) is 33.2 Å². The molecule has 0 radical (unpaired) electrons. The van der Waals surface area contributed by atoms with Crippen LogP contribution in [0.15, 0.2) is 42.5 Å². The van der Waals surface area contributed by atoms with Crippen molar-refractivity contribution in [2.24, 2.45) is 5.92 Å². The molecule has 4 rings (SSSR count). The number of aryl methyl sites for hydroxylation is 1. The minimum absolute atomic E-state index is 0.182. The predicted molar refractivity (Wildman–Crippen MR) is 100 cm³/mol. The third kappa shape index (κ3) is 3.20. The van der Waals surface area contributed by atoms with Crippen molar-refractivity contribution >= 4 is 5.91 Å². The molecule has 1 saturated heterocycles. The lowest BCUT2D eigenvalue weighted by Gasteiger charge is -2.44. The molecule has 2 aliphatic rings. The van der Waals surface area contributed by atoms with Gasteiger partial charge in [-0.2, -0.15) is 0 Å². The molecule has 130 valence electrons. The number of fused-ring (bicyclic) bond motifs is 1. The number of hydrogen-bond donors (Lipinski definition) is 0. The Labute approximate surface area is 150 Å². The lowest BCUT2D eigenvalue weighted by atomic mass is 9.78. The maximum atomic E-state index is 13.2. The highest BCUT2D eigenvalue weighted by atomic mass is 16.2. The van der Waals surface area contributed by atoms with E-state index in [0.29, 0.717) is 12.0 Å². The molecule has 1 amide bonds. The Kier molecular flexibility index (Phi) is 4.56.